The molecule has 1 saturated heterocycles. The van der Waals surface area contributed by atoms with Crippen molar-refractivity contribution in [2.75, 3.05) is 13.2 Å². The Kier molecular flexibility index (Phi) is 3.83. The minimum atomic E-state index is -0.309. The van der Waals surface area contributed by atoms with Crippen LogP contribution in [0, 0.1) is 12.8 Å². The molecule has 2 heterocycles. The van der Waals surface area contributed by atoms with E-state index in [2.05, 4.69) is 11.8 Å². The molecule has 1 aromatic carbocycles. The Labute approximate surface area is 124 Å². The fourth-order valence-electron chi connectivity index (χ4n) is 3.27. The van der Waals surface area contributed by atoms with E-state index in [9.17, 15) is 9.90 Å². The van der Waals surface area contributed by atoms with Crippen LogP contribution in [0.3, 0.4) is 0 Å². The Balaban J connectivity index is 1.99. The van der Waals surface area contributed by atoms with Crippen LogP contribution in [0.15, 0.2) is 33.5 Å². The van der Waals surface area contributed by atoms with Gasteiger partial charge in [-0.05, 0) is 43.0 Å². The SMILES string of the molecule is Cc1ccc2c(CN3CCC(C)C3CO)cc(=O)oc2c1. The van der Waals surface area contributed by atoms with E-state index in [0.717, 1.165) is 29.5 Å². The van der Waals surface area contributed by atoms with Gasteiger partial charge in [-0.25, -0.2) is 4.79 Å². The molecule has 4 nitrogen and oxygen atoms in total. The standard InChI is InChI=1S/C17H21NO3/c1-11-3-4-14-13(8-17(20)21-16(14)7-11)9-18-6-5-12(2)15(18)10-19/h3-4,7-8,12,15,19H,5-6,9-10H2,1-2H3. The normalized spacial score (nSPS) is 23.0. The Morgan fingerprint density at radius 1 is 1.38 bits per heavy atom. The second-order valence-corrected chi connectivity index (χ2v) is 6.08. The molecular formula is C17H21NO3. The van der Waals surface area contributed by atoms with E-state index >= 15 is 0 Å². The number of aliphatic hydroxyl groups is 1. The number of benzene rings is 1. The summed E-state index contributed by atoms with van der Waals surface area (Å²) in [4.78, 5) is 14.0. The molecule has 0 aliphatic carbocycles. The number of fused-ring (bicyclic) bond motifs is 1. The summed E-state index contributed by atoms with van der Waals surface area (Å²) in [7, 11) is 0. The third kappa shape index (κ3) is 2.74. The fourth-order valence-corrected chi connectivity index (χ4v) is 3.27. The molecule has 1 aliphatic heterocycles. The highest BCUT2D eigenvalue weighted by Gasteiger charge is 2.30. The zero-order chi connectivity index (χ0) is 15.0. The molecule has 2 atom stereocenters. The molecule has 0 radical (unpaired) electrons. The van der Waals surface area contributed by atoms with Crippen molar-refractivity contribution in [1.82, 2.24) is 4.90 Å². The van der Waals surface area contributed by atoms with Crippen molar-refractivity contribution >= 4 is 11.0 Å². The predicted octanol–water partition coefficient (Wildman–Crippen LogP) is 2.30. The summed E-state index contributed by atoms with van der Waals surface area (Å²) in [5.74, 6) is 0.489. The number of aliphatic hydroxyl groups excluding tert-OH is 1. The van der Waals surface area contributed by atoms with Gasteiger partial charge in [0.05, 0.1) is 6.61 Å². The summed E-state index contributed by atoms with van der Waals surface area (Å²) in [6.45, 7) is 5.96. The van der Waals surface area contributed by atoms with Crippen molar-refractivity contribution in [2.24, 2.45) is 5.92 Å². The molecule has 1 fully saturated rings. The van der Waals surface area contributed by atoms with Crippen LogP contribution in [0.25, 0.3) is 11.0 Å². The van der Waals surface area contributed by atoms with Crippen LogP contribution in [0.2, 0.25) is 0 Å². The zero-order valence-electron chi connectivity index (χ0n) is 12.5. The summed E-state index contributed by atoms with van der Waals surface area (Å²) >= 11 is 0. The van der Waals surface area contributed by atoms with Crippen LogP contribution >= 0.6 is 0 Å². The van der Waals surface area contributed by atoms with E-state index in [0.29, 0.717) is 18.0 Å². The largest absolute Gasteiger partial charge is 0.423 e. The first-order chi connectivity index (χ1) is 10.1. The van der Waals surface area contributed by atoms with Gasteiger partial charge in [0.1, 0.15) is 5.58 Å². The van der Waals surface area contributed by atoms with E-state index < -0.39 is 0 Å². The monoisotopic (exact) mass is 287 g/mol. The summed E-state index contributed by atoms with van der Waals surface area (Å²) in [6, 6.07) is 7.70. The fraction of sp³-hybridized carbons (Fsp3) is 0.471. The smallest absolute Gasteiger partial charge is 0.336 e. The summed E-state index contributed by atoms with van der Waals surface area (Å²) < 4.78 is 5.30. The quantitative estimate of drug-likeness (QED) is 0.880. The van der Waals surface area contributed by atoms with Gasteiger partial charge in [0, 0.05) is 24.0 Å². The molecule has 4 heteroatoms. The van der Waals surface area contributed by atoms with Gasteiger partial charge in [0.25, 0.3) is 0 Å². The molecule has 2 unspecified atom stereocenters. The first-order valence-electron chi connectivity index (χ1n) is 7.47. The average molecular weight is 287 g/mol. The number of aryl methyl sites for hydroxylation is 1. The lowest BCUT2D eigenvalue weighted by Crippen LogP contribution is -2.34. The van der Waals surface area contributed by atoms with E-state index in [-0.39, 0.29) is 18.3 Å². The lowest BCUT2D eigenvalue weighted by Gasteiger charge is -2.25. The molecule has 1 aromatic heterocycles. The van der Waals surface area contributed by atoms with E-state index in [1.807, 2.05) is 25.1 Å². The highest BCUT2D eigenvalue weighted by Crippen LogP contribution is 2.27. The van der Waals surface area contributed by atoms with Crippen molar-refractivity contribution in [3.8, 4) is 0 Å². The topological polar surface area (TPSA) is 53.7 Å². The van der Waals surface area contributed by atoms with Crippen molar-refractivity contribution in [3.63, 3.8) is 0 Å². The number of rotatable bonds is 3. The molecule has 0 saturated carbocycles. The molecule has 0 bridgehead atoms. The first kappa shape index (κ1) is 14.3. The summed E-state index contributed by atoms with van der Waals surface area (Å²) in [5, 5.41) is 10.6. The van der Waals surface area contributed by atoms with Gasteiger partial charge in [0.15, 0.2) is 0 Å². The number of likely N-dealkylation sites (tertiary alicyclic amines) is 1. The molecule has 3 rings (SSSR count). The lowest BCUT2D eigenvalue weighted by molar-refractivity contribution is 0.134. The maximum Gasteiger partial charge on any atom is 0.336 e. The van der Waals surface area contributed by atoms with Crippen LogP contribution in [0.4, 0.5) is 0 Å². The highest BCUT2D eigenvalue weighted by molar-refractivity contribution is 5.80. The second-order valence-electron chi connectivity index (χ2n) is 6.08. The Morgan fingerprint density at radius 3 is 2.95 bits per heavy atom. The van der Waals surface area contributed by atoms with Crippen molar-refractivity contribution in [1.29, 1.82) is 0 Å². The second kappa shape index (κ2) is 5.62. The average Bonchev–Trinajstić information content (AvgIpc) is 2.78. The van der Waals surface area contributed by atoms with Crippen LogP contribution in [0.1, 0.15) is 24.5 Å². The lowest BCUT2D eigenvalue weighted by atomic mass is 10.0. The first-order valence-corrected chi connectivity index (χ1v) is 7.47. The van der Waals surface area contributed by atoms with Crippen LogP contribution in [0.5, 0.6) is 0 Å². The summed E-state index contributed by atoms with van der Waals surface area (Å²) in [5.41, 5.74) is 2.39. The van der Waals surface area contributed by atoms with Crippen LogP contribution in [-0.4, -0.2) is 29.2 Å². The van der Waals surface area contributed by atoms with E-state index in [4.69, 9.17) is 4.42 Å². The zero-order valence-corrected chi connectivity index (χ0v) is 12.5. The maximum absolute atomic E-state index is 11.8. The van der Waals surface area contributed by atoms with Gasteiger partial charge in [-0.3, -0.25) is 4.90 Å². The molecule has 21 heavy (non-hydrogen) atoms. The van der Waals surface area contributed by atoms with Gasteiger partial charge in [-0.2, -0.15) is 0 Å². The van der Waals surface area contributed by atoms with E-state index in [1.165, 1.54) is 0 Å². The molecule has 0 amide bonds. The molecule has 1 N–H and O–H groups in total. The Hall–Kier alpha value is -1.65. The molecule has 2 aromatic rings. The van der Waals surface area contributed by atoms with Gasteiger partial charge in [-0.15, -0.1) is 0 Å². The van der Waals surface area contributed by atoms with Crippen molar-refractivity contribution < 1.29 is 9.52 Å². The number of hydrogen-bond donors (Lipinski definition) is 1. The van der Waals surface area contributed by atoms with Gasteiger partial charge in [-0.1, -0.05) is 19.1 Å². The van der Waals surface area contributed by atoms with E-state index in [1.54, 1.807) is 6.07 Å². The number of hydrogen-bond acceptors (Lipinski definition) is 4. The third-order valence-electron chi connectivity index (χ3n) is 4.54. The maximum atomic E-state index is 11.8. The minimum Gasteiger partial charge on any atom is -0.423 e. The van der Waals surface area contributed by atoms with Crippen molar-refractivity contribution in [2.45, 2.75) is 32.9 Å². The summed E-state index contributed by atoms with van der Waals surface area (Å²) in [6.07, 6.45) is 1.09. The van der Waals surface area contributed by atoms with Crippen LogP contribution in [-0.2, 0) is 6.54 Å². The molecule has 0 spiro atoms. The van der Waals surface area contributed by atoms with Crippen molar-refractivity contribution in [3.05, 3.63) is 45.8 Å². The van der Waals surface area contributed by atoms with Gasteiger partial charge < -0.3 is 9.52 Å². The minimum absolute atomic E-state index is 0.166. The predicted molar refractivity (Wildman–Crippen MR) is 82.3 cm³/mol. The highest BCUT2D eigenvalue weighted by atomic mass is 16.4. The molecular weight excluding hydrogens is 266 g/mol. The Bertz CT molecular complexity index is 707. The van der Waals surface area contributed by atoms with Gasteiger partial charge >= 0.3 is 5.63 Å². The number of nitrogens with zero attached hydrogens (tertiary/aromatic N) is 1. The van der Waals surface area contributed by atoms with Gasteiger partial charge in [0.2, 0.25) is 0 Å². The third-order valence-corrected chi connectivity index (χ3v) is 4.54. The Morgan fingerprint density at radius 2 is 2.19 bits per heavy atom. The molecule has 112 valence electrons. The van der Waals surface area contributed by atoms with Crippen LogP contribution < -0.4 is 5.63 Å². The molecule has 1 aliphatic rings.